The molecule has 0 aromatic heterocycles. The molecule has 13 heavy (non-hydrogen) atoms. The summed E-state index contributed by atoms with van der Waals surface area (Å²) < 4.78 is 20.2. The molecule has 0 spiro atoms. The number of rotatable bonds is 8. The molecule has 0 N–H and O–H groups in total. The molecular formula is C7H15NaO2S3. The van der Waals surface area contributed by atoms with Crippen LogP contribution in [0.3, 0.4) is 0 Å². The Bertz CT molecular complexity index is 124. The van der Waals surface area contributed by atoms with E-state index in [0.717, 1.165) is 12.2 Å². The van der Waals surface area contributed by atoms with Crippen molar-refractivity contribution in [2.75, 3.05) is 17.3 Å². The Morgan fingerprint density at radius 1 is 1.23 bits per heavy atom. The maximum Gasteiger partial charge on any atom is 1.00 e. The molecule has 0 fully saturated rings. The fourth-order valence-corrected chi connectivity index (χ4v) is 3.44. The molecule has 1 atom stereocenters. The standard InChI is InChI=1S/C7H16O2S3.Na/c1-2-3-5-10-11-6-4-7-12(8)9;/h2-7H2,1H3,(H,8,9);/q;+1/p-1. The molecule has 0 saturated carbocycles. The number of hydrogen-bond donors (Lipinski definition) is 0. The van der Waals surface area contributed by atoms with Gasteiger partial charge in [0.25, 0.3) is 0 Å². The first kappa shape index (κ1) is 17.2. The van der Waals surface area contributed by atoms with Crippen molar-refractivity contribution in [1.29, 1.82) is 0 Å². The van der Waals surface area contributed by atoms with Crippen molar-refractivity contribution >= 4 is 32.7 Å². The summed E-state index contributed by atoms with van der Waals surface area (Å²) in [5, 5.41) is 0. The van der Waals surface area contributed by atoms with E-state index >= 15 is 0 Å². The van der Waals surface area contributed by atoms with Gasteiger partial charge in [-0.05, 0) is 12.8 Å². The molecule has 0 aliphatic rings. The van der Waals surface area contributed by atoms with Crippen molar-refractivity contribution in [3.8, 4) is 0 Å². The summed E-state index contributed by atoms with van der Waals surface area (Å²) in [4.78, 5) is 0. The van der Waals surface area contributed by atoms with Crippen molar-refractivity contribution < 1.29 is 38.3 Å². The van der Waals surface area contributed by atoms with Crippen LogP contribution in [0.15, 0.2) is 0 Å². The van der Waals surface area contributed by atoms with Gasteiger partial charge in [-0.3, -0.25) is 4.21 Å². The monoisotopic (exact) mass is 250 g/mol. The molecule has 1 unspecified atom stereocenters. The number of hydrogen-bond acceptors (Lipinski definition) is 4. The van der Waals surface area contributed by atoms with Gasteiger partial charge in [0.05, 0.1) is 0 Å². The van der Waals surface area contributed by atoms with Crippen LogP contribution in [0.4, 0.5) is 0 Å². The van der Waals surface area contributed by atoms with E-state index in [1.165, 1.54) is 18.6 Å². The normalized spacial score (nSPS) is 12.2. The van der Waals surface area contributed by atoms with Crippen molar-refractivity contribution in [2.24, 2.45) is 0 Å². The smallest absolute Gasteiger partial charge is 0.772 e. The third-order valence-corrected chi connectivity index (χ3v) is 4.40. The average Bonchev–Trinajstić information content (AvgIpc) is 2.02. The van der Waals surface area contributed by atoms with Crippen LogP contribution in [-0.2, 0) is 11.1 Å². The Labute approximate surface area is 113 Å². The molecule has 0 amide bonds. The van der Waals surface area contributed by atoms with Crippen LogP contribution in [0, 0.1) is 0 Å². The van der Waals surface area contributed by atoms with Crippen molar-refractivity contribution in [3.05, 3.63) is 0 Å². The molecule has 0 aromatic carbocycles. The molecule has 0 bridgehead atoms. The summed E-state index contributed by atoms with van der Waals surface area (Å²) in [6, 6.07) is 0. The summed E-state index contributed by atoms with van der Waals surface area (Å²) in [6.07, 6.45) is 3.27. The van der Waals surface area contributed by atoms with Crippen LogP contribution in [0.1, 0.15) is 26.2 Å². The summed E-state index contributed by atoms with van der Waals surface area (Å²) in [7, 11) is 3.62. The zero-order valence-electron chi connectivity index (χ0n) is 8.28. The van der Waals surface area contributed by atoms with Gasteiger partial charge in [-0.2, -0.15) is 0 Å². The molecule has 0 aliphatic carbocycles. The van der Waals surface area contributed by atoms with Gasteiger partial charge in [0.1, 0.15) is 0 Å². The van der Waals surface area contributed by atoms with E-state index < -0.39 is 11.1 Å². The summed E-state index contributed by atoms with van der Waals surface area (Å²) >= 11 is -1.85. The van der Waals surface area contributed by atoms with Gasteiger partial charge in [-0.15, -0.1) is 0 Å². The van der Waals surface area contributed by atoms with Crippen LogP contribution in [0.5, 0.6) is 0 Å². The van der Waals surface area contributed by atoms with E-state index in [2.05, 4.69) is 6.92 Å². The van der Waals surface area contributed by atoms with Crippen LogP contribution >= 0.6 is 21.6 Å². The molecule has 2 nitrogen and oxygen atoms in total. The van der Waals surface area contributed by atoms with Crippen molar-refractivity contribution in [3.63, 3.8) is 0 Å². The summed E-state index contributed by atoms with van der Waals surface area (Å²) in [6.45, 7) is 2.17. The van der Waals surface area contributed by atoms with E-state index in [1.807, 2.05) is 10.8 Å². The fraction of sp³-hybridized carbons (Fsp3) is 1.00. The van der Waals surface area contributed by atoms with E-state index in [9.17, 15) is 8.76 Å². The molecule has 0 aliphatic heterocycles. The maximum atomic E-state index is 10.1. The minimum atomic E-state index is -1.85. The topological polar surface area (TPSA) is 40.1 Å². The summed E-state index contributed by atoms with van der Waals surface area (Å²) in [5.74, 6) is 2.44. The Hall–Kier alpha value is 1.81. The number of unbranched alkanes of at least 4 members (excludes halogenated alkanes) is 1. The average molecular weight is 250 g/mol. The van der Waals surface area contributed by atoms with Crippen LogP contribution in [0.2, 0.25) is 0 Å². The van der Waals surface area contributed by atoms with Crippen molar-refractivity contribution in [1.82, 2.24) is 0 Å². The van der Waals surface area contributed by atoms with Gasteiger partial charge in [0.15, 0.2) is 0 Å². The van der Waals surface area contributed by atoms with Gasteiger partial charge in [-0.25, -0.2) is 0 Å². The fourth-order valence-electron chi connectivity index (χ4n) is 0.557. The Morgan fingerprint density at radius 3 is 2.23 bits per heavy atom. The Morgan fingerprint density at radius 2 is 1.77 bits per heavy atom. The van der Waals surface area contributed by atoms with Crippen molar-refractivity contribution in [2.45, 2.75) is 26.2 Å². The molecule has 0 saturated heterocycles. The molecule has 0 heterocycles. The first-order valence-electron chi connectivity index (χ1n) is 4.07. The van der Waals surface area contributed by atoms with Gasteiger partial charge in [0.2, 0.25) is 0 Å². The quantitative estimate of drug-likeness (QED) is 0.251. The predicted molar refractivity (Wildman–Crippen MR) is 58.2 cm³/mol. The largest absolute Gasteiger partial charge is 1.00 e. The molecule has 0 rings (SSSR count). The first-order valence-corrected chi connectivity index (χ1v) is 7.81. The second-order valence-corrected chi connectivity index (χ2v) is 6.08. The minimum Gasteiger partial charge on any atom is -0.772 e. The summed E-state index contributed by atoms with van der Waals surface area (Å²) in [5.41, 5.74) is 0. The Balaban J connectivity index is 0. The SMILES string of the molecule is CCCCSSCCCS(=O)[O-].[Na+]. The second kappa shape index (κ2) is 13.8. The van der Waals surface area contributed by atoms with Gasteiger partial charge < -0.3 is 4.55 Å². The first-order chi connectivity index (χ1) is 5.77. The molecule has 0 radical (unpaired) electrons. The van der Waals surface area contributed by atoms with Gasteiger partial charge in [0, 0.05) is 17.3 Å². The van der Waals surface area contributed by atoms with E-state index in [-0.39, 0.29) is 29.6 Å². The van der Waals surface area contributed by atoms with Gasteiger partial charge in [-0.1, -0.05) is 46.0 Å². The molecular weight excluding hydrogens is 235 g/mol. The zero-order valence-corrected chi connectivity index (χ0v) is 12.7. The molecule has 0 aromatic rings. The van der Waals surface area contributed by atoms with E-state index in [4.69, 9.17) is 0 Å². The maximum absolute atomic E-state index is 10.1. The zero-order chi connectivity index (χ0) is 9.23. The predicted octanol–water partition coefficient (Wildman–Crippen LogP) is -0.559. The molecule has 6 heteroatoms. The van der Waals surface area contributed by atoms with E-state index in [1.54, 1.807) is 10.8 Å². The third kappa shape index (κ3) is 16.5. The third-order valence-electron chi connectivity index (χ3n) is 1.20. The second-order valence-electron chi connectivity index (χ2n) is 2.36. The minimum absolute atomic E-state index is 0. The van der Waals surface area contributed by atoms with Crippen LogP contribution in [0.25, 0.3) is 0 Å². The van der Waals surface area contributed by atoms with Gasteiger partial charge >= 0.3 is 29.6 Å². The van der Waals surface area contributed by atoms with Crippen LogP contribution in [-0.4, -0.2) is 26.0 Å². The van der Waals surface area contributed by atoms with E-state index in [0.29, 0.717) is 5.75 Å². The molecule has 74 valence electrons. The van der Waals surface area contributed by atoms with Crippen LogP contribution < -0.4 is 29.6 Å². The Kier molecular flexibility index (Phi) is 18.3.